The van der Waals surface area contributed by atoms with Gasteiger partial charge in [-0.2, -0.15) is 0 Å². The molecule has 2 aromatic rings. The molecule has 1 aliphatic heterocycles. The van der Waals surface area contributed by atoms with Crippen molar-refractivity contribution < 1.29 is 9.59 Å². The third kappa shape index (κ3) is 4.09. The Balaban J connectivity index is 1.58. The van der Waals surface area contributed by atoms with E-state index < -0.39 is 0 Å². The maximum absolute atomic E-state index is 12.4. The van der Waals surface area contributed by atoms with E-state index in [1.54, 1.807) is 4.90 Å². The minimum atomic E-state index is -0.328. The number of rotatable bonds is 6. The maximum atomic E-state index is 12.4. The van der Waals surface area contributed by atoms with Crippen LogP contribution in [0, 0.1) is 5.92 Å². The predicted molar refractivity (Wildman–Crippen MR) is 102 cm³/mol. The lowest BCUT2D eigenvalue weighted by molar-refractivity contribution is -0.126. The molecule has 7 heteroatoms. The topological polar surface area (TPSA) is 75.2 Å². The fourth-order valence-corrected chi connectivity index (χ4v) is 3.71. The van der Waals surface area contributed by atoms with E-state index in [0.717, 1.165) is 22.1 Å². The van der Waals surface area contributed by atoms with Crippen molar-refractivity contribution in [1.82, 2.24) is 15.5 Å². The Bertz CT molecular complexity index is 785. The molecular weight excluding hydrogens is 348 g/mol. The number of aromatic nitrogens is 2. The van der Waals surface area contributed by atoms with Crippen molar-refractivity contribution in [2.75, 3.05) is 11.4 Å². The first-order valence-corrected chi connectivity index (χ1v) is 9.78. The lowest BCUT2D eigenvalue weighted by Crippen LogP contribution is -2.32. The number of nitrogens with zero attached hydrogens (tertiary/aromatic N) is 3. The van der Waals surface area contributed by atoms with Gasteiger partial charge >= 0.3 is 0 Å². The van der Waals surface area contributed by atoms with E-state index in [9.17, 15) is 9.59 Å². The monoisotopic (exact) mass is 372 g/mol. The molecule has 0 radical (unpaired) electrons. The summed E-state index contributed by atoms with van der Waals surface area (Å²) < 4.78 is 0. The van der Waals surface area contributed by atoms with Crippen LogP contribution < -0.4 is 10.2 Å². The second kappa shape index (κ2) is 7.95. The SMILES string of the molecule is CCc1nnc(CNC(=O)[C@@H]2CC(=O)N(c3ccc(C(C)C)cc3)C2)s1. The smallest absolute Gasteiger partial charge is 0.227 e. The van der Waals surface area contributed by atoms with Gasteiger partial charge < -0.3 is 10.2 Å². The van der Waals surface area contributed by atoms with Gasteiger partial charge in [-0.15, -0.1) is 10.2 Å². The second-order valence-corrected chi connectivity index (χ2v) is 7.96. The zero-order valence-corrected chi connectivity index (χ0v) is 16.2. The van der Waals surface area contributed by atoms with Crippen LogP contribution in [0.1, 0.15) is 48.7 Å². The molecule has 26 heavy (non-hydrogen) atoms. The maximum Gasteiger partial charge on any atom is 0.227 e. The molecule has 1 atom stereocenters. The van der Waals surface area contributed by atoms with Gasteiger partial charge in [0.05, 0.1) is 12.5 Å². The first-order valence-electron chi connectivity index (χ1n) is 8.97. The molecule has 138 valence electrons. The van der Waals surface area contributed by atoms with Gasteiger partial charge in [0, 0.05) is 18.7 Å². The zero-order chi connectivity index (χ0) is 18.7. The molecule has 1 aromatic heterocycles. The Morgan fingerprint density at radius 3 is 2.58 bits per heavy atom. The number of amides is 2. The largest absolute Gasteiger partial charge is 0.349 e. The van der Waals surface area contributed by atoms with Crippen LogP contribution in [0.15, 0.2) is 24.3 Å². The Morgan fingerprint density at radius 1 is 1.27 bits per heavy atom. The number of nitrogens with one attached hydrogen (secondary N) is 1. The fourth-order valence-electron chi connectivity index (χ4n) is 2.98. The van der Waals surface area contributed by atoms with Crippen LogP contribution in [0.25, 0.3) is 0 Å². The van der Waals surface area contributed by atoms with Gasteiger partial charge in [0.25, 0.3) is 0 Å². The molecule has 1 aromatic carbocycles. The summed E-state index contributed by atoms with van der Waals surface area (Å²) in [4.78, 5) is 26.5. The minimum absolute atomic E-state index is 0.00775. The fraction of sp³-hybridized carbons (Fsp3) is 0.474. The molecule has 0 spiro atoms. The van der Waals surface area contributed by atoms with Crippen molar-refractivity contribution in [3.8, 4) is 0 Å². The molecule has 1 saturated heterocycles. The summed E-state index contributed by atoms with van der Waals surface area (Å²) >= 11 is 1.50. The highest BCUT2D eigenvalue weighted by Gasteiger charge is 2.35. The summed E-state index contributed by atoms with van der Waals surface area (Å²) in [6, 6.07) is 8.00. The van der Waals surface area contributed by atoms with E-state index in [1.165, 1.54) is 16.9 Å². The molecule has 0 aliphatic carbocycles. The predicted octanol–water partition coefficient (Wildman–Crippen LogP) is 2.89. The summed E-state index contributed by atoms with van der Waals surface area (Å²) in [5.41, 5.74) is 2.09. The molecule has 6 nitrogen and oxygen atoms in total. The van der Waals surface area contributed by atoms with Crippen LogP contribution in [0.5, 0.6) is 0 Å². The molecule has 1 fully saturated rings. The summed E-state index contributed by atoms with van der Waals surface area (Å²) in [6.45, 7) is 7.08. The summed E-state index contributed by atoms with van der Waals surface area (Å²) in [7, 11) is 0. The molecule has 0 unspecified atom stereocenters. The van der Waals surface area contributed by atoms with Crippen LogP contribution >= 0.6 is 11.3 Å². The van der Waals surface area contributed by atoms with Gasteiger partial charge in [0.1, 0.15) is 10.0 Å². The molecule has 0 saturated carbocycles. The molecule has 1 N–H and O–H groups in total. The molecule has 0 bridgehead atoms. The number of aryl methyl sites for hydroxylation is 1. The van der Waals surface area contributed by atoms with Crippen LogP contribution in [0.2, 0.25) is 0 Å². The highest BCUT2D eigenvalue weighted by molar-refractivity contribution is 7.11. The van der Waals surface area contributed by atoms with Crippen LogP contribution in [-0.4, -0.2) is 28.6 Å². The van der Waals surface area contributed by atoms with Gasteiger partial charge in [-0.05, 0) is 30.0 Å². The van der Waals surface area contributed by atoms with E-state index in [2.05, 4.69) is 29.4 Å². The number of anilines is 1. The molecule has 2 heterocycles. The van der Waals surface area contributed by atoms with E-state index in [0.29, 0.717) is 19.0 Å². The summed E-state index contributed by atoms with van der Waals surface area (Å²) in [5.74, 6) is 0.0100. The van der Waals surface area contributed by atoms with Crippen molar-refractivity contribution in [1.29, 1.82) is 0 Å². The zero-order valence-electron chi connectivity index (χ0n) is 15.4. The normalized spacial score (nSPS) is 17.2. The van der Waals surface area contributed by atoms with Crippen molar-refractivity contribution in [3.05, 3.63) is 39.8 Å². The summed E-state index contributed by atoms with van der Waals surface area (Å²) in [6.07, 6.45) is 1.08. The van der Waals surface area contributed by atoms with Crippen molar-refractivity contribution >= 4 is 28.8 Å². The van der Waals surface area contributed by atoms with Crippen LogP contribution in [0.3, 0.4) is 0 Å². The Hall–Kier alpha value is -2.28. The number of carbonyl (C=O) groups is 2. The Kier molecular flexibility index (Phi) is 5.66. The van der Waals surface area contributed by atoms with Crippen molar-refractivity contribution in [3.63, 3.8) is 0 Å². The Labute approximate surface area is 157 Å². The Morgan fingerprint density at radius 2 is 1.96 bits per heavy atom. The van der Waals surface area contributed by atoms with Gasteiger partial charge in [0.15, 0.2) is 0 Å². The van der Waals surface area contributed by atoms with E-state index in [1.807, 2.05) is 31.2 Å². The standard InChI is InChI=1S/C19H24N4O2S/c1-4-16-21-22-17(26-16)10-20-19(25)14-9-18(24)23(11-14)15-7-5-13(6-8-15)12(2)3/h5-8,12,14H,4,9-11H2,1-3H3,(H,20,25)/t14-/m1/s1. The average molecular weight is 372 g/mol. The number of hydrogen-bond acceptors (Lipinski definition) is 5. The number of carbonyl (C=O) groups excluding carboxylic acids is 2. The van der Waals surface area contributed by atoms with E-state index in [4.69, 9.17) is 0 Å². The van der Waals surface area contributed by atoms with Crippen molar-refractivity contribution in [2.45, 2.75) is 46.1 Å². The lowest BCUT2D eigenvalue weighted by Gasteiger charge is -2.17. The van der Waals surface area contributed by atoms with Gasteiger partial charge in [0.2, 0.25) is 11.8 Å². The quantitative estimate of drug-likeness (QED) is 0.846. The van der Waals surface area contributed by atoms with Gasteiger partial charge in [-0.25, -0.2) is 0 Å². The van der Waals surface area contributed by atoms with E-state index in [-0.39, 0.29) is 24.2 Å². The highest BCUT2D eigenvalue weighted by atomic mass is 32.1. The second-order valence-electron chi connectivity index (χ2n) is 6.81. The molecular formula is C19H24N4O2S. The van der Waals surface area contributed by atoms with Crippen LogP contribution in [0.4, 0.5) is 5.69 Å². The molecule has 1 aliphatic rings. The van der Waals surface area contributed by atoms with Crippen molar-refractivity contribution in [2.24, 2.45) is 5.92 Å². The first kappa shape index (κ1) is 18.5. The van der Waals surface area contributed by atoms with Crippen LogP contribution in [-0.2, 0) is 22.6 Å². The summed E-state index contributed by atoms with van der Waals surface area (Å²) in [5, 5.41) is 12.7. The minimum Gasteiger partial charge on any atom is -0.349 e. The third-order valence-corrected chi connectivity index (χ3v) is 5.66. The van der Waals surface area contributed by atoms with Gasteiger partial charge in [-0.1, -0.05) is 44.2 Å². The average Bonchev–Trinajstić information content (AvgIpc) is 3.26. The number of hydrogen-bond donors (Lipinski definition) is 1. The molecule has 2 amide bonds. The molecule has 3 rings (SSSR count). The highest BCUT2D eigenvalue weighted by Crippen LogP contribution is 2.27. The third-order valence-electron chi connectivity index (χ3n) is 4.59. The van der Waals surface area contributed by atoms with Gasteiger partial charge in [-0.3, -0.25) is 9.59 Å². The van der Waals surface area contributed by atoms with E-state index >= 15 is 0 Å². The lowest BCUT2D eigenvalue weighted by atomic mass is 10.0. The number of benzene rings is 1. The first-order chi connectivity index (χ1) is 12.5.